The standard InChI is InChI=1S/C19H21ClN2O3/c1-2-10-21-19(24)14-7-5-8-16(11-14)22-18(23)13-25-12-15-6-3-4-9-17(15)20/h3-9,11H,2,10,12-13H2,1H3,(H,21,24)(H,22,23). The Morgan fingerprint density at radius 2 is 1.92 bits per heavy atom. The van der Waals surface area contributed by atoms with E-state index >= 15 is 0 Å². The normalized spacial score (nSPS) is 10.3. The molecule has 0 heterocycles. The van der Waals surface area contributed by atoms with E-state index in [0.717, 1.165) is 12.0 Å². The third-order valence-corrected chi connectivity index (χ3v) is 3.76. The molecule has 2 rings (SSSR count). The zero-order chi connectivity index (χ0) is 18.1. The highest BCUT2D eigenvalue weighted by Gasteiger charge is 2.08. The van der Waals surface area contributed by atoms with E-state index in [4.69, 9.17) is 16.3 Å². The molecule has 0 aliphatic heterocycles. The van der Waals surface area contributed by atoms with Gasteiger partial charge in [-0.3, -0.25) is 9.59 Å². The molecule has 2 aromatic carbocycles. The summed E-state index contributed by atoms with van der Waals surface area (Å²) in [5, 5.41) is 6.12. The van der Waals surface area contributed by atoms with Crippen LogP contribution in [0.3, 0.4) is 0 Å². The van der Waals surface area contributed by atoms with Crippen LogP contribution in [0.1, 0.15) is 29.3 Å². The second-order valence-corrected chi connectivity index (χ2v) is 5.88. The molecule has 0 radical (unpaired) electrons. The number of ether oxygens (including phenoxy) is 1. The molecule has 0 aliphatic rings. The number of carbonyl (C=O) groups excluding carboxylic acids is 2. The molecule has 25 heavy (non-hydrogen) atoms. The van der Waals surface area contributed by atoms with Crippen LogP contribution < -0.4 is 10.6 Å². The molecule has 0 aliphatic carbocycles. The summed E-state index contributed by atoms with van der Waals surface area (Å²) in [4.78, 5) is 23.9. The number of nitrogens with one attached hydrogen (secondary N) is 2. The van der Waals surface area contributed by atoms with Crippen LogP contribution in [0.25, 0.3) is 0 Å². The quantitative estimate of drug-likeness (QED) is 0.755. The summed E-state index contributed by atoms with van der Waals surface area (Å²) in [6.07, 6.45) is 0.866. The SMILES string of the molecule is CCCNC(=O)c1cccc(NC(=O)COCc2ccccc2Cl)c1. The first-order valence-electron chi connectivity index (χ1n) is 8.09. The number of halogens is 1. The maximum Gasteiger partial charge on any atom is 0.251 e. The number of hydrogen-bond acceptors (Lipinski definition) is 3. The highest BCUT2D eigenvalue weighted by atomic mass is 35.5. The molecule has 6 heteroatoms. The molecule has 0 fully saturated rings. The molecule has 0 atom stereocenters. The Morgan fingerprint density at radius 3 is 2.68 bits per heavy atom. The predicted octanol–water partition coefficient (Wildman–Crippen LogP) is 3.64. The average molecular weight is 361 g/mol. The monoisotopic (exact) mass is 360 g/mol. The van der Waals surface area contributed by atoms with Gasteiger partial charge in [0.2, 0.25) is 5.91 Å². The molecule has 2 N–H and O–H groups in total. The molecular formula is C19H21ClN2O3. The summed E-state index contributed by atoms with van der Waals surface area (Å²) >= 11 is 6.03. The lowest BCUT2D eigenvalue weighted by Gasteiger charge is -2.09. The van der Waals surface area contributed by atoms with Gasteiger partial charge in [0.25, 0.3) is 5.91 Å². The van der Waals surface area contributed by atoms with Gasteiger partial charge in [0.1, 0.15) is 6.61 Å². The van der Waals surface area contributed by atoms with Crippen molar-refractivity contribution in [3.8, 4) is 0 Å². The summed E-state index contributed by atoms with van der Waals surface area (Å²) in [5.74, 6) is -0.453. The molecule has 2 aromatic rings. The average Bonchev–Trinajstić information content (AvgIpc) is 2.61. The van der Waals surface area contributed by atoms with E-state index in [-0.39, 0.29) is 25.0 Å². The molecule has 0 aromatic heterocycles. The topological polar surface area (TPSA) is 67.4 Å². The molecule has 0 bridgehead atoms. The van der Waals surface area contributed by atoms with Crippen LogP contribution in [0.4, 0.5) is 5.69 Å². The van der Waals surface area contributed by atoms with Crippen molar-refractivity contribution in [1.29, 1.82) is 0 Å². The predicted molar refractivity (Wildman–Crippen MR) is 98.8 cm³/mol. The van der Waals surface area contributed by atoms with Crippen molar-refractivity contribution >= 4 is 29.1 Å². The number of amides is 2. The van der Waals surface area contributed by atoms with Crippen LogP contribution in [0.2, 0.25) is 5.02 Å². The van der Waals surface area contributed by atoms with Crippen molar-refractivity contribution in [2.45, 2.75) is 20.0 Å². The van der Waals surface area contributed by atoms with Gasteiger partial charge in [0.05, 0.1) is 6.61 Å². The van der Waals surface area contributed by atoms with Gasteiger partial charge in [-0.15, -0.1) is 0 Å². The molecule has 132 valence electrons. The van der Waals surface area contributed by atoms with E-state index in [1.165, 1.54) is 0 Å². The van der Waals surface area contributed by atoms with E-state index in [0.29, 0.717) is 22.8 Å². The first-order valence-corrected chi connectivity index (χ1v) is 8.47. The van der Waals surface area contributed by atoms with Crippen molar-refractivity contribution < 1.29 is 14.3 Å². The second-order valence-electron chi connectivity index (χ2n) is 5.47. The lowest BCUT2D eigenvalue weighted by molar-refractivity contribution is -0.121. The van der Waals surface area contributed by atoms with Gasteiger partial charge in [-0.2, -0.15) is 0 Å². The van der Waals surface area contributed by atoms with E-state index in [2.05, 4.69) is 10.6 Å². The summed E-state index contributed by atoms with van der Waals surface area (Å²) in [6, 6.07) is 14.1. The van der Waals surface area contributed by atoms with Gasteiger partial charge in [-0.1, -0.05) is 42.8 Å². The Morgan fingerprint density at radius 1 is 1.12 bits per heavy atom. The van der Waals surface area contributed by atoms with E-state index in [9.17, 15) is 9.59 Å². The van der Waals surface area contributed by atoms with Crippen molar-refractivity contribution in [3.63, 3.8) is 0 Å². The molecule has 0 saturated carbocycles. The van der Waals surface area contributed by atoms with Crippen LogP contribution in [-0.4, -0.2) is 25.0 Å². The zero-order valence-electron chi connectivity index (χ0n) is 14.0. The van der Waals surface area contributed by atoms with Crippen LogP contribution in [0.15, 0.2) is 48.5 Å². The highest BCUT2D eigenvalue weighted by Crippen LogP contribution is 2.16. The molecule has 0 spiro atoms. The summed E-state index contributed by atoms with van der Waals surface area (Å²) in [6.45, 7) is 2.76. The minimum atomic E-state index is -0.293. The first-order chi connectivity index (χ1) is 12.1. The molecular weight excluding hydrogens is 340 g/mol. The van der Waals surface area contributed by atoms with Gasteiger partial charge >= 0.3 is 0 Å². The Labute approximate surface area is 152 Å². The van der Waals surface area contributed by atoms with Crippen LogP contribution in [0.5, 0.6) is 0 Å². The Balaban J connectivity index is 1.84. The van der Waals surface area contributed by atoms with Gasteiger partial charge in [-0.05, 0) is 36.2 Å². The molecule has 0 unspecified atom stereocenters. The number of anilines is 1. The molecule has 2 amide bonds. The Hall–Kier alpha value is -2.37. The lowest BCUT2D eigenvalue weighted by Crippen LogP contribution is -2.24. The smallest absolute Gasteiger partial charge is 0.251 e. The maximum atomic E-state index is 12.0. The first kappa shape index (κ1) is 19.0. The van der Waals surface area contributed by atoms with Crippen molar-refractivity contribution in [1.82, 2.24) is 5.32 Å². The number of carbonyl (C=O) groups is 2. The minimum absolute atomic E-state index is 0.0997. The zero-order valence-corrected chi connectivity index (χ0v) is 14.8. The van der Waals surface area contributed by atoms with E-state index in [1.54, 1.807) is 30.3 Å². The van der Waals surface area contributed by atoms with Crippen LogP contribution in [-0.2, 0) is 16.1 Å². The fourth-order valence-corrected chi connectivity index (χ4v) is 2.34. The summed E-state index contributed by atoms with van der Waals surface area (Å²) in [5.41, 5.74) is 1.88. The Kier molecular flexibility index (Phi) is 7.44. The minimum Gasteiger partial charge on any atom is -0.367 e. The van der Waals surface area contributed by atoms with Crippen molar-refractivity contribution in [2.75, 3.05) is 18.5 Å². The summed E-state index contributed by atoms with van der Waals surface area (Å²) < 4.78 is 5.39. The van der Waals surface area contributed by atoms with Gasteiger partial charge in [-0.25, -0.2) is 0 Å². The second kappa shape index (κ2) is 9.81. The Bertz CT molecular complexity index is 734. The number of rotatable bonds is 8. The fraction of sp³-hybridized carbons (Fsp3) is 0.263. The van der Waals surface area contributed by atoms with E-state index < -0.39 is 0 Å². The maximum absolute atomic E-state index is 12.0. The largest absolute Gasteiger partial charge is 0.367 e. The fourth-order valence-electron chi connectivity index (χ4n) is 2.14. The van der Waals surface area contributed by atoms with Crippen molar-refractivity contribution in [2.24, 2.45) is 0 Å². The van der Waals surface area contributed by atoms with Gasteiger partial charge < -0.3 is 15.4 Å². The van der Waals surface area contributed by atoms with Crippen LogP contribution >= 0.6 is 11.6 Å². The van der Waals surface area contributed by atoms with Gasteiger partial charge in [0, 0.05) is 22.8 Å². The van der Waals surface area contributed by atoms with Gasteiger partial charge in [0.15, 0.2) is 0 Å². The lowest BCUT2D eigenvalue weighted by atomic mass is 10.2. The third-order valence-electron chi connectivity index (χ3n) is 3.39. The molecule has 5 nitrogen and oxygen atoms in total. The highest BCUT2D eigenvalue weighted by molar-refractivity contribution is 6.31. The number of benzene rings is 2. The third kappa shape index (κ3) is 6.21. The molecule has 0 saturated heterocycles. The van der Waals surface area contributed by atoms with Crippen LogP contribution in [0, 0.1) is 0 Å². The summed E-state index contributed by atoms with van der Waals surface area (Å²) in [7, 11) is 0. The van der Waals surface area contributed by atoms with E-state index in [1.807, 2.05) is 25.1 Å². The van der Waals surface area contributed by atoms with Crippen molar-refractivity contribution in [3.05, 3.63) is 64.7 Å². The number of hydrogen-bond donors (Lipinski definition) is 2.